The van der Waals surface area contributed by atoms with Gasteiger partial charge in [-0.3, -0.25) is 0 Å². The van der Waals surface area contributed by atoms with Gasteiger partial charge >= 0.3 is 0 Å². The minimum Gasteiger partial charge on any atom is -0.495 e. The molecule has 0 saturated heterocycles. The lowest BCUT2D eigenvalue weighted by atomic mass is 10.2. The van der Waals surface area contributed by atoms with Crippen LogP contribution in [-0.4, -0.2) is 14.2 Å². The number of nitrogens with two attached hydrogens (primary N) is 1. The SMILES string of the molecule is COc1cc(N(C)Cc2cccs2)c(F)cc1N. The monoisotopic (exact) mass is 266 g/mol. The minimum absolute atomic E-state index is 0.309. The third-order valence-corrected chi connectivity index (χ3v) is 3.54. The zero-order valence-corrected chi connectivity index (χ0v) is 11.1. The number of anilines is 2. The summed E-state index contributed by atoms with van der Waals surface area (Å²) >= 11 is 1.64. The maximum Gasteiger partial charge on any atom is 0.148 e. The van der Waals surface area contributed by atoms with Gasteiger partial charge in [-0.15, -0.1) is 11.3 Å². The smallest absolute Gasteiger partial charge is 0.148 e. The number of ether oxygens (including phenoxy) is 1. The van der Waals surface area contributed by atoms with Gasteiger partial charge < -0.3 is 15.4 Å². The van der Waals surface area contributed by atoms with Crippen molar-refractivity contribution in [3.63, 3.8) is 0 Å². The van der Waals surface area contributed by atoms with Gasteiger partial charge in [-0.05, 0) is 11.4 Å². The van der Waals surface area contributed by atoms with Crippen molar-refractivity contribution < 1.29 is 9.13 Å². The molecule has 0 fully saturated rings. The Morgan fingerprint density at radius 3 is 2.83 bits per heavy atom. The quantitative estimate of drug-likeness (QED) is 0.864. The summed E-state index contributed by atoms with van der Waals surface area (Å²) in [7, 11) is 3.36. The lowest BCUT2D eigenvalue weighted by molar-refractivity contribution is 0.416. The van der Waals surface area contributed by atoms with Crippen molar-refractivity contribution in [3.05, 3.63) is 40.3 Å². The van der Waals surface area contributed by atoms with Crippen molar-refractivity contribution in [2.75, 3.05) is 24.8 Å². The van der Waals surface area contributed by atoms with Gasteiger partial charge in [-0.1, -0.05) is 6.07 Å². The molecular formula is C13H15FN2OS. The third-order valence-electron chi connectivity index (χ3n) is 2.68. The molecule has 0 radical (unpaired) electrons. The van der Waals surface area contributed by atoms with E-state index in [0.717, 1.165) is 0 Å². The molecule has 0 saturated carbocycles. The van der Waals surface area contributed by atoms with Gasteiger partial charge in [0.05, 0.1) is 25.0 Å². The number of nitrogens with zero attached hydrogens (tertiary/aromatic N) is 1. The summed E-state index contributed by atoms with van der Waals surface area (Å²) in [5.74, 6) is 0.150. The van der Waals surface area contributed by atoms with E-state index in [9.17, 15) is 4.39 Å². The molecule has 0 aliphatic rings. The first-order chi connectivity index (χ1) is 8.61. The summed E-state index contributed by atoms with van der Waals surface area (Å²) in [6.07, 6.45) is 0. The van der Waals surface area contributed by atoms with E-state index < -0.39 is 0 Å². The average Bonchev–Trinajstić information content (AvgIpc) is 2.81. The molecule has 0 aliphatic carbocycles. The second-order valence-corrected chi connectivity index (χ2v) is 5.01. The molecule has 1 heterocycles. The van der Waals surface area contributed by atoms with Crippen LogP contribution in [0.25, 0.3) is 0 Å². The van der Waals surface area contributed by atoms with E-state index in [1.54, 1.807) is 17.4 Å². The topological polar surface area (TPSA) is 38.5 Å². The van der Waals surface area contributed by atoms with Gasteiger partial charge in [0.25, 0.3) is 0 Å². The van der Waals surface area contributed by atoms with Crippen LogP contribution in [0.15, 0.2) is 29.6 Å². The highest BCUT2D eigenvalue weighted by Crippen LogP contribution is 2.31. The highest BCUT2D eigenvalue weighted by atomic mass is 32.1. The molecule has 1 aromatic heterocycles. The molecule has 0 amide bonds. The summed E-state index contributed by atoms with van der Waals surface area (Å²) in [5, 5.41) is 2.00. The normalized spacial score (nSPS) is 10.4. The largest absolute Gasteiger partial charge is 0.495 e. The first kappa shape index (κ1) is 12.7. The summed E-state index contributed by atoms with van der Waals surface area (Å²) < 4.78 is 19.0. The predicted octanol–water partition coefficient (Wildman–Crippen LogP) is 3.11. The Kier molecular flexibility index (Phi) is 3.72. The van der Waals surface area contributed by atoms with Crippen molar-refractivity contribution in [1.29, 1.82) is 0 Å². The van der Waals surface area contributed by atoms with Crippen LogP contribution in [0.2, 0.25) is 0 Å². The number of methoxy groups -OCH3 is 1. The van der Waals surface area contributed by atoms with Crippen molar-refractivity contribution in [3.8, 4) is 5.75 Å². The fraction of sp³-hybridized carbons (Fsp3) is 0.231. The number of nitrogen functional groups attached to an aromatic ring is 1. The van der Waals surface area contributed by atoms with E-state index in [2.05, 4.69) is 0 Å². The van der Waals surface area contributed by atoms with Crippen LogP contribution in [-0.2, 0) is 6.54 Å². The molecule has 3 nitrogen and oxygen atoms in total. The Morgan fingerprint density at radius 2 is 2.22 bits per heavy atom. The van der Waals surface area contributed by atoms with Crippen molar-refractivity contribution >= 4 is 22.7 Å². The second kappa shape index (κ2) is 5.27. The molecule has 96 valence electrons. The number of thiophene rings is 1. The van der Waals surface area contributed by atoms with Crippen LogP contribution < -0.4 is 15.4 Å². The van der Waals surface area contributed by atoms with Gasteiger partial charge in [0, 0.05) is 24.1 Å². The Hall–Kier alpha value is -1.75. The van der Waals surface area contributed by atoms with Crippen LogP contribution in [0.3, 0.4) is 0 Å². The Balaban J connectivity index is 2.26. The minimum atomic E-state index is -0.340. The number of hydrogen-bond donors (Lipinski definition) is 1. The molecule has 0 unspecified atom stereocenters. The summed E-state index contributed by atoms with van der Waals surface area (Å²) in [6.45, 7) is 0.654. The van der Waals surface area contributed by atoms with E-state index in [1.165, 1.54) is 18.1 Å². The van der Waals surface area contributed by atoms with Gasteiger partial charge in [-0.2, -0.15) is 0 Å². The molecular weight excluding hydrogens is 251 g/mol. The standard InChI is InChI=1S/C13H15FN2OS/c1-16(8-9-4-3-5-18-9)12-7-13(17-2)11(15)6-10(12)14/h3-7H,8,15H2,1-2H3. The fourth-order valence-electron chi connectivity index (χ4n) is 1.75. The van der Waals surface area contributed by atoms with E-state index >= 15 is 0 Å². The lowest BCUT2D eigenvalue weighted by Crippen LogP contribution is -2.17. The molecule has 0 spiro atoms. The molecule has 2 N–H and O–H groups in total. The molecule has 5 heteroatoms. The summed E-state index contributed by atoms with van der Waals surface area (Å²) in [6, 6.07) is 6.92. The van der Waals surface area contributed by atoms with Crippen LogP contribution >= 0.6 is 11.3 Å². The van der Waals surface area contributed by atoms with Crippen LogP contribution in [0.1, 0.15) is 4.88 Å². The van der Waals surface area contributed by atoms with Gasteiger partial charge in [0.2, 0.25) is 0 Å². The van der Waals surface area contributed by atoms with Gasteiger partial charge in [0.15, 0.2) is 0 Å². The van der Waals surface area contributed by atoms with Gasteiger partial charge in [-0.25, -0.2) is 4.39 Å². The van der Waals surface area contributed by atoms with Crippen LogP contribution in [0.4, 0.5) is 15.8 Å². The Morgan fingerprint density at radius 1 is 1.44 bits per heavy atom. The second-order valence-electron chi connectivity index (χ2n) is 3.98. The number of hydrogen-bond acceptors (Lipinski definition) is 4. The van der Waals surface area contributed by atoms with E-state index in [-0.39, 0.29) is 5.82 Å². The molecule has 2 rings (SSSR count). The highest BCUT2D eigenvalue weighted by molar-refractivity contribution is 7.09. The molecule has 2 aromatic rings. The lowest BCUT2D eigenvalue weighted by Gasteiger charge is -2.20. The third kappa shape index (κ3) is 2.56. The predicted molar refractivity (Wildman–Crippen MR) is 73.8 cm³/mol. The van der Waals surface area contributed by atoms with E-state index in [4.69, 9.17) is 10.5 Å². The molecule has 0 atom stereocenters. The summed E-state index contributed by atoms with van der Waals surface area (Å²) in [5.41, 5.74) is 6.45. The highest BCUT2D eigenvalue weighted by Gasteiger charge is 2.12. The summed E-state index contributed by atoms with van der Waals surface area (Å²) in [4.78, 5) is 3.01. The number of halogens is 1. The number of rotatable bonds is 4. The van der Waals surface area contributed by atoms with E-state index in [0.29, 0.717) is 23.7 Å². The fourth-order valence-corrected chi connectivity index (χ4v) is 2.51. The zero-order chi connectivity index (χ0) is 13.1. The first-order valence-electron chi connectivity index (χ1n) is 5.48. The molecule has 1 aromatic carbocycles. The molecule has 0 aliphatic heterocycles. The van der Waals surface area contributed by atoms with Crippen molar-refractivity contribution in [1.82, 2.24) is 0 Å². The van der Waals surface area contributed by atoms with Gasteiger partial charge in [0.1, 0.15) is 11.6 Å². The van der Waals surface area contributed by atoms with Crippen LogP contribution in [0, 0.1) is 5.82 Å². The first-order valence-corrected chi connectivity index (χ1v) is 6.36. The van der Waals surface area contributed by atoms with Crippen LogP contribution in [0.5, 0.6) is 5.75 Å². The van der Waals surface area contributed by atoms with Crippen molar-refractivity contribution in [2.45, 2.75) is 6.54 Å². The Labute approximate surface area is 110 Å². The Bertz CT molecular complexity index is 528. The van der Waals surface area contributed by atoms with Crippen molar-refractivity contribution in [2.24, 2.45) is 0 Å². The van der Waals surface area contributed by atoms with E-state index in [1.807, 2.05) is 29.5 Å². The maximum absolute atomic E-state index is 13.9. The maximum atomic E-state index is 13.9. The average molecular weight is 266 g/mol. The molecule has 18 heavy (non-hydrogen) atoms. The zero-order valence-electron chi connectivity index (χ0n) is 10.3. The number of benzene rings is 1. The molecule has 0 bridgehead atoms.